The van der Waals surface area contributed by atoms with Crippen LogP contribution in [0.1, 0.15) is 53.5 Å². The van der Waals surface area contributed by atoms with E-state index < -0.39 is 44.3 Å². The summed E-state index contributed by atoms with van der Waals surface area (Å²) in [6.07, 6.45) is -1.24. The maximum absolute atomic E-state index is 13.6. The van der Waals surface area contributed by atoms with Gasteiger partial charge in [-0.1, -0.05) is 63.2 Å². The third-order valence-corrected chi connectivity index (χ3v) is 11.8. The quantitative estimate of drug-likeness (QED) is 0.433. The smallest absolute Gasteiger partial charge is 0.417 e. The van der Waals surface area contributed by atoms with Crippen molar-refractivity contribution in [1.29, 1.82) is 0 Å². The van der Waals surface area contributed by atoms with Crippen molar-refractivity contribution >= 4 is 32.1 Å². The number of likely N-dealkylation sites (tertiary alicyclic amines) is 1. The van der Waals surface area contributed by atoms with Gasteiger partial charge >= 0.3 is 6.09 Å². The first-order valence-corrected chi connectivity index (χ1v) is 15.0. The minimum Gasteiger partial charge on any atom is -0.444 e. The van der Waals surface area contributed by atoms with Crippen molar-refractivity contribution < 1.29 is 28.3 Å². The van der Waals surface area contributed by atoms with Crippen LogP contribution in [-0.2, 0) is 20.6 Å². The number of imide groups is 2. The van der Waals surface area contributed by atoms with Crippen molar-refractivity contribution in [3.8, 4) is 0 Å². The molecule has 1 fully saturated rings. The highest BCUT2D eigenvalue weighted by Crippen LogP contribution is 2.39. The van der Waals surface area contributed by atoms with Gasteiger partial charge in [0.25, 0.3) is 17.7 Å². The molecule has 2 atom stereocenters. The summed E-state index contributed by atoms with van der Waals surface area (Å²) in [6.45, 7) is 10.5. The summed E-state index contributed by atoms with van der Waals surface area (Å²) in [5.74, 6) is -1.73. The molecule has 0 aliphatic carbocycles. The SMILES string of the molecule is CC(C)(C)[Si](C)(C)OC1CC(N2C(=O)c3ccccc3C2=O)C(=O)N(C(=O)OCc2ccccc2)C1. The number of hydrogen-bond acceptors (Lipinski definition) is 6. The highest BCUT2D eigenvalue weighted by Gasteiger charge is 2.50. The van der Waals surface area contributed by atoms with E-state index in [1.54, 1.807) is 24.3 Å². The van der Waals surface area contributed by atoms with E-state index >= 15 is 0 Å². The molecular formula is C27H32N2O6Si. The van der Waals surface area contributed by atoms with Crippen LogP contribution >= 0.6 is 0 Å². The molecule has 2 aromatic carbocycles. The fraction of sp³-hybridized carbons (Fsp3) is 0.407. The lowest BCUT2D eigenvalue weighted by atomic mass is 10.0. The molecule has 4 rings (SSSR count). The Bertz CT molecular complexity index is 1160. The second kappa shape index (κ2) is 9.63. The zero-order valence-electron chi connectivity index (χ0n) is 21.3. The van der Waals surface area contributed by atoms with Gasteiger partial charge in [-0.2, -0.15) is 0 Å². The van der Waals surface area contributed by atoms with Crippen molar-refractivity contribution in [3.05, 3.63) is 71.3 Å². The van der Waals surface area contributed by atoms with E-state index in [4.69, 9.17) is 9.16 Å². The Hall–Kier alpha value is -3.30. The van der Waals surface area contributed by atoms with Crippen LogP contribution in [0.4, 0.5) is 4.79 Å². The van der Waals surface area contributed by atoms with E-state index in [0.29, 0.717) is 0 Å². The number of benzene rings is 2. The van der Waals surface area contributed by atoms with Gasteiger partial charge in [-0.3, -0.25) is 19.3 Å². The number of nitrogens with zero attached hydrogens (tertiary/aromatic N) is 2. The summed E-state index contributed by atoms with van der Waals surface area (Å²) in [4.78, 5) is 54.9. The van der Waals surface area contributed by atoms with Crippen molar-refractivity contribution in [2.75, 3.05) is 6.54 Å². The summed E-state index contributed by atoms with van der Waals surface area (Å²) in [5, 5.41) is -0.113. The highest BCUT2D eigenvalue weighted by molar-refractivity contribution is 6.74. The summed E-state index contributed by atoms with van der Waals surface area (Å²) in [5.41, 5.74) is 1.28. The molecule has 0 N–H and O–H groups in total. The fourth-order valence-corrected chi connectivity index (χ4v) is 5.60. The molecular weight excluding hydrogens is 476 g/mol. The third kappa shape index (κ3) is 4.85. The monoisotopic (exact) mass is 508 g/mol. The first-order chi connectivity index (χ1) is 16.9. The molecule has 2 aliphatic heterocycles. The molecule has 8 nitrogen and oxygen atoms in total. The second-order valence-corrected chi connectivity index (χ2v) is 15.5. The lowest BCUT2D eigenvalue weighted by Gasteiger charge is -2.44. The van der Waals surface area contributed by atoms with Crippen LogP contribution in [0, 0.1) is 0 Å². The first kappa shape index (κ1) is 25.8. The maximum Gasteiger partial charge on any atom is 0.417 e. The fourth-order valence-electron chi connectivity index (χ4n) is 4.25. The molecule has 0 radical (unpaired) electrons. The Labute approximate surface area is 212 Å². The number of amides is 4. The molecule has 1 saturated heterocycles. The lowest BCUT2D eigenvalue weighted by Crippen LogP contribution is -2.61. The zero-order chi connectivity index (χ0) is 26.3. The minimum atomic E-state index is -2.29. The summed E-state index contributed by atoms with van der Waals surface area (Å²) < 4.78 is 12.0. The van der Waals surface area contributed by atoms with Crippen LogP contribution in [0.3, 0.4) is 0 Å². The molecule has 0 aromatic heterocycles. The standard InChI is InChI=1S/C27H32N2O6Si/c1-27(2,3)36(4,5)35-19-15-22(29-23(30)20-13-9-10-14-21(20)24(29)31)25(32)28(16-19)26(33)34-17-18-11-7-6-8-12-18/h6-14,19,22H,15-17H2,1-5H3. The number of fused-ring (bicyclic) bond motifs is 1. The van der Waals surface area contributed by atoms with Gasteiger partial charge in [0.05, 0.1) is 23.8 Å². The van der Waals surface area contributed by atoms with Crippen LogP contribution in [-0.4, -0.2) is 60.6 Å². The maximum atomic E-state index is 13.6. The number of carbonyl (C=O) groups excluding carboxylic acids is 4. The number of hydrogen-bond donors (Lipinski definition) is 0. The molecule has 190 valence electrons. The molecule has 0 spiro atoms. The Morgan fingerprint density at radius 1 is 0.944 bits per heavy atom. The van der Waals surface area contributed by atoms with Crippen LogP contribution in [0.5, 0.6) is 0 Å². The minimum absolute atomic E-state index is 0.00135. The van der Waals surface area contributed by atoms with Gasteiger partial charge < -0.3 is 9.16 Å². The van der Waals surface area contributed by atoms with E-state index in [9.17, 15) is 19.2 Å². The average Bonchev–Trinajstić information content (AvgIpc) is 3.08. The van der Waals surface area contributed by atoms with Gasteiger partial charge in [-0.25, -0.2) is 9.69 Å². The summed E-state index contributed by atoms with van der Waals surface area (Å²) >= 11 is 0. The number of rotatable bonds is 5. The van der Waals surface area contributed by atoms with Crippen molar-refractivity contribution in [2.24, 2.45) is 0 Å². The van der Waals surface area contributed by atoms with Crippen LogP contribution in [0.25, 0.3) is 0 Å². The second-order valence-electron chi connectivity index (χ2n) is 10.8. The van der Waals surface area contributed by atoms with Gasteiger partial charge in [-0.05, 0) is 35.8 Å². The van der Waals surface area contributed by atoms with E-state index in [-0.39, 0.29) is 35.7 Å². The summed E-state index contributed by atoms with van der Waals surface area (Å²) in [6, 6.07) is 14.5. The van der Waals surface area contributed by atoms with Gasteiger partial charge in [0.2, 0.25) is 0 Å². The zero-order valence-corrected chi connectivity index (χ0v) is 22.3. The van der Waals surface area contributed by atoms with Crippen molar-refractivity contribution in [1.82, 2.24) is 9.80 Å². The van der Waals surface area contributed by atoms with Crippen LogP contribution in [0.2, 0.25) is 18.1 Å². The molecule has 2 unspecified atom stereocenters. The first-order valence-electron chi connectivity index (χ1n) is 12.1. The molecule has 9 heteroatoms. The Morgan fingerprint density at radius 3 is 2.06 bits per heavy atom. The highest BCUT2D eigenvalue weighted by atomic mass is 28.4. The Balaban J connectivity index is 1.61. The predicted molar refractivity (Wildman–Crippen MR) is 136 cm³/mol. The number of carbonyl (C=O) groups is 4. The predicted octanol–water partition coefficient (Wildman–Crippen LogP) is 4.61. The van der Waals surface area contributed by atoms with Crippen LogP contribution in [0.15, 0.2) is 54.6 Å². The molecule has 2 aromatic rings. The van der Waals surface area contributed by atoms with Crippen LogP contribution < -0.4 is 0 Å². The lowest BCUT2D eigenvalue weighted by molar-refractivity contribution is -0.139. The molecule has 0 saturated carbocycles. The molecule has 36 heavy (non-hydrogen) atoms. The summed E-state index contributed by atoms with van der Waals surface area (Å²) in [7, 11) is -2.29. The van der Waals surface area contributed by atoms with Crippen molar-refractivity contribution in [2.45, 2.75) is 64.1 Å². The van der Waals surface area contributed by atoms with E-state index in [1.165, 1.54) is 0 Å². The molecule has 2 heterocycles. The topological polar surface area (TPSA) is 93.2 Å². The van der Waals surface area contributed by atoms with E-state index in [0.717, 1.165) is 15.4 Å². The number of ether oxygens (including phenoxy) is 1. The van der Waals surface area contributed by atoms with Gasteiger partial charge in [0.1, 0.15) is 12.6 Å². The largest absolute Gasteiger partial charge is 0.444 e. The molecule has 2 aliphatic rings. The molecule has 4 amide bonds. The average molecular weight is 509 g/mol. The molecule has 0 bridgehead atoms. The third-order valence-electron chi connectivity index (χ3n) is 7.25. The van der Waals surface area contributed by atoms with E-state index in [2.05, 4.69) is 33.9 Å². The normalized spacial score (nSPS) is 20.5. The van der Waals surface area contributed by atoms with Gasteiger partial charge in [-0.15, -0.1) is 0 Å². The van der Waals surface area contributed by atoms with E-state index in [1.807, 2.05) is 30.3 Å². The van der Waals surface area contributed by atoms with Gasteiger partial charge in [0, 0.05) is 6.42 Å². The number of piperidine rings is 1. The van der Waals surface area contributed by atoms with Crippen molar-refractivity contribution in [3.63, 3.8) is 0 Å². The Morgan fingerprint density at radius 2 is 1.50 bits per heavy atom. The Kier molecular flexibility index (Phi) is 6.89. The van der Waals surface area contributed by atoms with Gasteiger partial charge in [0.15, 0.2) is 8.32 Å².